The first kappa shape index (κ1) is 13.3. The summed E-state index contributed by atoms with van der Waals surface area (Å²) in [6.07, 6.45) is 3.56. The van der Waals surface area contributed by atoms with E-state index in [4.69, 9.17) is 14.6 Å². The number of epoxide rings is 1. The van der Waals surface area contributed by atoms with Crippen LogP contribution in [0.4, 0.5) is 0 Å². The normalized spacial score (nSPS) is 50.3. The molecule has 2 rings (SSSR count). The van der Waals surface area contributed by atoms with Crippen molar-refractivity contribution in [2.45, 2.75) is 76.0 Å². The molecule has 2 heterocycles. The van der Waals surface area contributed by atoms with Gasteiger partial charge in [0.15, 0.2) is 0 Å². The summed E-state index contributed by atoms with van der Waals surface area (Å²) in [5.74, 6) is 0. The van der Waals surface area contributed by atoms with E-state index >= 15 is 0 Å². The molecule has 2 N–H and O–H groups in total. The second-order valence-corrected chi connectivity index (χ2v) is 5.99. The number of hydrogen-bond donors (Lipinski definition) is 2. The van der Waals surface area contributed by atoms with E-state index < -0.39 is 5.60 Å². The maximum absolute atomic E-state index is 10.3. The van der Waals surface area contributed by atoms with Crippen molar-refractivity contribution in [1.82, 2.24) is 0 Å². The molecule has 4 heteroatoms. The lowest BCUT2D eigenvalue weighted by Gasteiger charge is -2.40. The van der Waals surface area contributed by atoms with Gasteiger partial charge in [-0.3, -0.25) is 0 Å². The van der Waals surface area contributed by atoms with Crippen LogP contribution in [0.3, 0.4) is 0 Å². The Morgan fingerprint density at radius 2 is 1.88 bits per heavy atom. The molecule has 0 aromatic carbocycles. The van der Waals surface area contributed by atoms with E-state index in [1.165, 1.54) is 0 Å². The molecule has 100 valence electrons. The summed E-state index contributed by atoms with van der Waals surface area (Å²) in [5, 5.41) is 19.4. The van der Waals surface area contributed by atoms with Gasteiger partial charge in [0.05, 0.1) is 30.5 Å². The summed E-state index contributed by atoms with van der Waals surface area (Å²) >= 11 is 0. The molecule has 2 fully saturated rings. The highest BCUT2D eigenvalue weighted by atomic mass is 16.6. The van der Waals surface area contributed by atoms with Crippen molar-refractivity contribution >= 4 is 0 Å². The third kappa shape index (κ3) is 2.81. The zero-order valence-electron chi connectivity index (χ0n) is 11.0. The zero-order chi connectivity index (χ0) is 12.7. The minimum Gasteiger partial charge on any atom is -0.393 e. The summed E-state index contributed by atoms with van der Waals surface area (Å²) < 4.78 is 11.3. The molecule has 0 amide bonds. The van der Waals surface area contributed by atoms with Crippen molar-refractivity contribution in [3.05, 3.63) is 0 Å². The predicted octanol–water partition coefficient (Wildman–Crippen LogP) is 1.23. The molecule has 2 aliphatic rings. The van der Waals surface area contributed by atoms with Gasteiger partial charge >= 0.3 is 0 Å². The quantitative estimate of drug-likeness (QED) is 0.730. The van der Waals surface area contributed by atoms with Crippen molar-refractivity contribution < 1.29 is 19.7 Å². The Bertz CT molecular complexity index is 279. The first-order valence-electron chi connectivity index (χ1n) is 6.54. The predicted molar refractivity (Wildman–Crippen MR) is 63.8 cm³/mol. The molecular formula is C13H24O4. The Balaban J connectivity index is 1.82. The fraction of sp³-hybridized carbons (Fsp3) is 1.00. The van der Waals surface area contributed by atoms with Crippen LogP contribution in [-0.4, -0.2) is 46.3 Å². The molecule has 0 bridgehead atoms. The SMILES string of the molecule is C[C@H]1CC[C@](C)(O)[C@@H](CC[C@H]2O[C@]2(C)CO)O1. The van der Waals surface area contributed by atoms with E-state index in [1.54, 1.807) is 0 Å². The third-order valence-electron chi connectivity index (χ3n) is 4.19. The highest BCUT2D eigenvalue weighted by Gasteiger charge is 2.52. The molecule has 4 nitrogen and oxygen atoms in total. The van der Waals surface area contributed by atoms with E-state index in [0.29, 0.717) is 0 Å². The van der Waals surface area contributed by atoms with Gasteiger partial charge in [-0.2, -0.15) is 0 Å². The van der Waals surface area contributed by atoms with Gasteiger partial charge in [-0.25, -0.2) is 0 Å². The van der Waals surface area contributed by atoms with E-state index in [-0.39, 0.29) is 30.5 Å². The molecule has 0 aromatic rings. The Kier molecular flexibility index (Phi) is 3.51. The van der Waals surface area contributed by atoms with Gasteiger partial charge in [-0.1, -0.05) is 0 Å². The average Bonchev–Trinajstić information content (AvgIpc) is 2.92. The maximum Gasteiger partial charge on any atom is 0.115 e. The van der Waals surface area contributed by atoms with Gasteiger partial charge in [0.25, 0.3) is 0 Å². The van der Waals surface area contributed by atoms with Gasteiger partial charge in [0, 0.05) is 0 Å². The highest BCUT2D eigenvalue weighted by Crippen LogP contribution is 2.40. The average molecular weight is 244 g/mol. The topological polar surface area (TPSA) is 62.2 Å². The number of aliphatic hydroxyl groups excluding tert-OH is 1. The van der Waals surface area contributed by atoms with Crippen LogP contribution in [0.5, 0.6) is 0 Å². The van der Waals surface area contributed by atoms with Gasteiger partial charge < -0.3 is 19.7 Å². The van der Waals surface area contributed by atoms with Crippen LogP contribution in [0.1, 0.15) is 46.5 Å². The monoisotopic (exact) mass is 244 g/mol. The lowest BCUT2D eigenvalue weighted by atomic mass is 9.85. The molecular weight excluding hydrogens is 220 g/mol. The lowest BCUT2D eigenvalue weighted by molar-refractivity contribution is -0.165. The maximum atomic E-state index is 10.3. The van der Waals surface area contributed by atoms with Crippen LogP contribution in [-0.2, 0) is 9.47 Å². The smallest absolute Gasteiger partial charge is 0.115 e. The Morgan fingerprint density at radius 3 is 2.47 bits per heavy atom. The first-order chi connectivity index (χ1) is 7.87. The Hall–Kier alpha value is -0.160. The minimum atomic E-state index is -0.725. The van der Waals surface area contributed by atoms with E-state index in [1.807, 2.05) is 20.8 Å². The molecule has 0 aromatic heterocycles. The minimum absolute atomic E-state index is 0.0655. The molecule has 17 heavy (non-hydrogen) atoms. The van der Waals surface area contributed by atoms with E-state index in [0.717, 1.165) is 25.7 Å². The van der Waals surface area contributed by atoms with Crippen molar-refractivity contribution in [3.8, 4) is 0 Å². The van der Waals surface area contributed by atoms with Crippen molar-refractivity contribution in [1.29, 1.82) is 0 Å². The van der Waals surface area contributed by atoms with Crippen LogP contribution in [0.2, 0.25) is 0 Å². The largest absolute Gasteiger partial charge is 0.393 e. The standard InChI is InChI=1S/C13H24O4/c1-9-6-7-12(2,15)10(16-9)4-5-11-13(3,8-14)17-11/h9-11,14-15H,4-8H2,1-3H3/t9-,10+,11+,12-,13+/m0/s1. The first-order valence-corrected chi connectivity index (χ1v) is 6.54. The van der Waals surface area contributed by atoms with Crippen LogP contribution in [0.15, 0.2) is 0 Å². The van der Waals surface area contributed by atoms with Gasteiger partial charge in [0.2, 0.25) is 0 Å². The molecule has 0 radical (unpaired) electrons. The second-order valence-electron chi connectivity index (χ2n) is 5.99. The molecule has 5 atom stereocenters. The van der Waals surface area contributed by atoms with Crippen molar-refractivity contribution in [2.75, 3.05) is 6.61 Å². The number of rotatable bonds is 4. The van der Waals surface area contributed by atoms with Crippen LogP contribution < -0.4 is 0 Å². The fourth-order valence-corrected chi connectivity index (χ4v) is 2.63. The summed E-state index contributed by atoms with van der Waals surface area (Å²) in [7, 11) is 0. The molecule has 2 saturated heterocycles. The molecule has 2 aliphatic heterocycles. The summed E-state index contributed by atoms with van der Waals surface area (Å²) in [5.41, 5.74) is -1.08. The third-order valence-corrected chi connectivity index (χ3v) is 4.19. The summed E-state index contributed by atoms with van der Waals surface area (Å²) in [6.45, 7) is 5.88. The molecule has 0 unspecified atom stereocenters. The Morgan fingerprint density at radius 1 is 1.24 bits per heavy atom. The van der Waals surface area contributed by atoms with Gasteiger partial charge in [-0.05, 0) is 46.5 Å². The van der Waals surface area contributed by atoms with Crippen LogP contribution in [0.25, 0.3) is 0 Å². The lowest BCUT2D eigenvalue weighted by Crippen LogP contribution is -2.47. The van der Waals surface area contributed by atoms with Crippen molar-refractivity contribution in [3.63, 3.8) is 0 Å². The molecule has 0 spiro atoms. The second kappa shape index (κ2) is 4.50. The van der Waals surface area contributed by atoms with Crippen molar-refractivity contribution in [2.24, 2.45) is 0 Å². The number of hydrogen-bond acceptors (Lipinski definition) is 4. The number of ether oxygens (including phenoxy) is 2. The molecule has 0 aliphatic carbocycles. The fourth-order valence-electron chi connectivity index (χ4n) is 2.63. The summed E-state index contributed by atoms with van der Waals surface area (Å²) in [6, 6.07) is 0. The van der Waals surface area contributed by atoms with Crippen LogP contribution in [0, 0.1) is 0 Å². The zero-order valence-corrected chi connectivity index (χ0v) is 11.0. The van der Waals surface area contributed by atoms with E-state index in [2.05, 4.69) is 0 Å². The highest BCUT2D eigenvalue weighted by molar-refractivity contribution is 4.99. The van der Waals surface area contributed by atoms with Crippen LogP contribution >= 0.6 is 0 Å². The Labute approximate surface area is 103 Å². The summed E-state index contributed by atoms with van der Waals surface area (Å²) in [4.78, 5) is 0. The molecule has 0 saturated carbocycles. The van der Waals surface area contributed by atoms with Gasteiger partial charge in [-0.15, -0.1) is 0 Å². The van der Waals surface area contributed by atoms with E-state index in [9.17, 15) is 5.11 Å². The number of aliphatic hydroxyl groups is 2. The van der Waals surface area contributed by atoms with Gasteiger partial charge in [0.1, 0.15) is 5.60 Å².